The number of aromatic nitrogens is 2. The molecule has 0 aliphatic heterocycles. The van der Waals surface area contributed by atoms with Crippen LogP contribution >= 0.6 is 0 Å². The minimum atomic E-state index is 0.261. The number of hydrogen-bond donors (Lipinski definition) is 1. The lowest BCUT2D eigenvalue weighted by molar-refractivity contribution is 0.415. The minimum Gasteiger partial charge on any atom is -0.337 e. The van der Waals surface area contributed by atoms with E-state index in [2.05, 4.69) is 35.6 Å². The van der Waals surface area contributed by atoms with Crippen molar-refractivity contribution in [2.75, 3.05) is 6.54 Å². The van der Waals surface area contributed by atoms with E-state index in [9.17, 15) is 0 Å². The van der Waals surface area contributed by atoms with Crippen LogP contribution in [-0.4, -0.2) is 21.6 Å². The first-order chi connectivity index (χ1) is 7.58. The zero-order chi connectivity index (χ0) is 11.9. The summed E-state index contributed by atoms with van der Waals surface area (Å²) >= 11 is 0. The summed E-state index contributed by atoms with van der Waals surface area (Å²) in [6, 6.07) is 0. The van der Waals surface area contributed by atoms with Crippen molar-refractivity contribution in [3.63, 3.8) is 0 Å². The molecule has 0 saturated carbocycles. The molecule has 3 nitrogen and oxygen atoms in total. The Hall–Kier alpha value is -0.830. The van der Waals surface area contributed by atoms with Crippen molar-refractivity contribution in [1.29, 1.82) is 0 Å². The predicted molar refractivity (Wildman–Crippen MR) is 68.5 cm³/mol. The molecule has 0 aromatic carbocycles. The van der Waals surface area contributed by atoms with Crippen LogP contribution in [0.25, 0.3) is 0 Å². The van der Waals surface area contributed by atoms with Gasteiger partial charge in [0, 0.05) is 24.5 Å². The van der Waals surface area contributed by atoms with Crippen LogP contribution in [-0.2, 0) is 6.54 Å². The molecule has 0 amide bonds. The van der Waals surface area contributed by atoms with Crippen molar-refractivity contribution in [3.8, 4) is 0 Å². The SMILES string of the molecule is CC(C)(C)NCCCCCCn1ccnc1. The first-order valence-electron chi connectivity index (χ1n) is 6.29. The summed E-state index contributed by atoms with van der Waals surface area (Å²) < 4.78 is 2.15. The zero-order valence-corrected chi connectivity index (χ0v) is 10.9. The fourth-order valence-electron chi connectivity index (χ4n) is 1.66. The summed E-state index contributed by atoms with van der Waals surface area (Å²) in [7, 11) is 0. The zero-order valence-electron chi connectivity index (χ0n) is 10.9. The summed E-state index contributed by atoms with van der Waals surface area (Å²) in [5.74, 6) is 0. The highest BCUT2D eigenvalue weighted by molar-refractivity contribution is 4.73. The van der Waals surface area contributed by atoms with Crippen molar-refractivity contribution in [2.24, 2.45) is 0 Å². The lowest BCUT2D eigenvalue weighted by Gasteiger charge is -2.20. The number of imidazole rings is 1. The summed E-state index contributed by atoms with van der Waals surface area (Å²) in [4.78, 5) is 4.03. The second-order valence-electron chi connectivity index (χ2n) is 5.39. The number of unbranched alkanes of at least 4 members (excludes halogenated alkanes) is 3. The molecule has 0 aliphatic carbocycles. The van der Waals surface area contributed by atoms with Crippen molar-refractivity contribution < 1.29 is 0 Å². The highest BCUT2D eigenvalue weighted by Crippen LogP contribution is 2.03. The van der Waals surface area contributed by atoms with Gasteiger partial charge in [0.1, 0.15) is 0 Å². The van der Waals surface area contributed by atoms with E-state index >= 15 is 0 Å². The lowest BCUT2D eigenvalue weighted by atomic mass is 10.1. The molecule has 0 fully saturated rings. The molecule has 0 saturated heterocycles. The average Bonchev–Trinajstić information content (AvgIpc) is 2.67. The Balaban J connectivity index is 1.89. The van der Waals surface area contributed by atoms with Crippen molar-refractivity contribution in [3.05, 3.63) is 18.7 Å². The molecule has 92 valence electrons. The topological polar surface area (TPSA) is 29.9 Å². The molecule has 1 heterocycles. The fourth-order valence-corrected chi connectivity index (χ4v) is 1.66. The Labute approximate surface area is 99.3 Å². The van der Waals surface area contributed by atoms with E-state index in [4.69, 9.17) is 0 Å². The van der Waals surface area contributed by atoms with Crippen LogP contribution in [0.15, 0.2) is 18.7 Å². The fraction of sp³-hybridized carbons (Fsp3) is 0.769. The molecule has 0 bridgehead atoms. The van der Waals surface area contributed by atoms with Gasteiger partial charge < -0.3 is 9.88 Å². The van der Waals surface area contributed by atoms with E-state index in [0.29, 0.717) is 0 Å². The second-order valence-corrected chi connectivity index (χ2v) is 5.39. The Morgan fingerprint density at radius 3 is 2.50 bits per heavy atom. The Morgan fingerprint density at radius 1 is 1.12 bits per heavy atom. The van der Waals surface area contributed by atoms with Gasteiger partial charge in [0.05, 0.1) is 6.33 Å². The van der Waals surface area contributed by atoms with E-state index in [1.165, 1.54) is 25.7 Å². The van der Waals surface area contributed by atoms with Gasteiger partial charge >= 0.3 is 0 Å². The molecule has 1 N–H and O–H groups in total. The molecular weight excluding hydrogens is 198 g/mol. The lowest BCUT2D eigenvalue weighted by Crippen LogP contribution is -2.36. The average molecular weight is 223 g/mol. The normalized spacial score (nSPS) is 11.9. The van der Waals surface area contributed by atoms with Crippen molar-refractivity contribution in [2.45, 2.75) is 58.5 Å². The molecular formula is C13H25N3. The largest absolute Gasteiger partial charge is 0.337 e. The molecule has 1 aromatic rings. The monoisotopic (exact) mass is 223 g/mol. The maximum atomic E-state index is 4.03. The molecule has 1 aromatic heterocycles. The van der Waals surface area contributed by atoms with E-state index in [1.54, 1.807) is 0 Å². The summed E-state index contributed by atoms with van der Waals surface area (Å²) in [5.41, 5.74) is 0.261. The predicted octanol–water partition coefficient (Wildman–Crippen LogP) is 2.83. The van der Waals surface area contributed by atoms with Gasteiger partial charge in [0.2, 0.25) is 0 Å². The van der Waals surface area contributed by atoms with Gasteiger partial charge in [-0.25, -0.2) is 4.98 Å². The van der Waals surface area contributed by atoms with E-state index < -0.39 is 0 Å². The van der Waals surface area contributed by atoms with Gasteiger partial charge in [0.25, 0.3) is 0 Å². The number of nitrogens with zero attached hydrogens (tertiary/aromatic N) is 2. The summed E-state index contributed by atoms with van der Waals surface area (Å²) in [6.07, 6.45) is 10.9. The van der Waals surface area contributed by atoms with Gasteiger partial charge in [-0.15, -0.1) is 0 Å². The highest BCUT2D eigenvalue weighted by Gasteiger charge is 2.06. The van der Waals surface area contributed by atoms with Crippen molar-refractivity contribution in [1.82, 2.24) is 14.9 Å². The molecule has 3 heteroatoms. The minimum absolute atomic E-state index is 0.261. The smallest absolute Gasteiger partial charge is 0.0945 e. The van der Waals surface area contributed by atoms with Crippen molar-refractivity contribution >= 4 is 0 Å². The first-order valence-corrected chi connectivity index (χ1v) is 6.29. The number of hydrogen-bond acceptors (Lipinski definition) is 2. The molecule has 0 atom stereocenters. The van der Waals surface area contributed by atoms with E-state index in [-0.39, 0.29) is 5.54 Å². The van der Waals surface area contributed by atoms with Crippen LogP contribution in [0.5, 0.6) is 0 Å². The van der Waals surface area contributed by atoms with Crippen LogP contribution < -0.4 is 5.32 Å². The maximum Gasteiger partial charge on any atom is 0.0945 e. The second kappa shape index (κ2) is 6.69. The number of nitrogens with one attached hydrogen (secondary N) is 1. The summed E-state index contributed by atoms with van der Waals surface area (Å²) in [5, 5.41) is 3.51. The van der Waals surface area contributed by atoms with Gasteiger partial charge in [-0.05, 0) is 40.2 Å². The van der Waals surface area contributed by atoms with Crippen LogP contribution in [0.3, 0.4) is 0 Å². The van der Waals surface area contributed by atoms with Crippen LogP contribution in [0.1, 0.15) is 46.5 Å². The van der Waals surface area contributed by atoms with Gasteiger partial charge in [0.15, 0.2) is 0 Å². The van der Waals surface area contributed by atoms with E-state index in [1.807, 2.05) is 18.7 Å². The molecule has 16 heavy (non-hydrogen) atoms. The standard InChI is InChI=1S/C13H25N3/c1-13(2,3)15-8-6-4-5-7-10-16-11-9-14-12-16/h9,11-12,15H,4-8,10H2,1-3H3. The van der Waals surface area contributed by atoms with Crippen LogP contribution in [0.4, 0.5) is 0 Å². The van der Waals surface area contributed by atoms with Crippen LogP contribution in [0.2, 0.25) is 0 Å². The van der Waals surface area contributed by atoms with Gasteiger partial charge in [-0.3, -0.25) is 0 Å². The maximum absolute atomic E-state index is 4.03. The quantitative estimate of drug-likeness (QED) is 0.720. The Bertz CT molecular complexity index is 259. The summed E-state index contributed by atoms with van der Waals surface area (Å²) in [6.45, 7) is 8.88. The Kier molecular flexibility index (Phi) is 5.53. The Morgan fingerprint density at radius 2 is 1.88 bits per heavy atom. The molecule has 0 unspecified atom stereocenters. The van der Waals surface area contributed by atoms with E-state index in [0.717, 1.165) is 13.1 Å². The van der Waals surface area contributed by atoms with Gasteiger partial charge in [-0.1, -0.05) is 12.8 Å². The number of rotatable bonds is 7. The molecule has 0 spiro atoms. The molecule has 0 radical (unpaired) electrons. The third kappa shape index (κ3) is 6.62. The first kappa shape index (κ1) is 13.2. The number of aryl methyl sites for hydroxylation is 1. The molecule has 0 aliphatic rings. The third-order valence-corrected chi connectivity index (χ3v) is 2.56. The molecule has 1 rings (SSSR count). The third-order valence-electron chi connectivity index (χ3n) is 2.56. The van der Waals surface area contributed by atoms with Gasteiger partial charge in [-0.2, -0.15) is 0 Å². The van der Waals surface area contributed by atoms with Crippen LogP contribution in [0, 0.1) is 0 Å². The highest BCUT2D eigenvalue weighted by atomic mass is 15.0.